The molecule has 5 heteroatoms. The molecule has 1 heterocycles. The quantitative estimate of drug-likeness (QED) is 0.901. The molecular formula is C19H23N3O2. The maximum atomic E-state index is 12.3. The van der Waals surface area contributed by atoms with Crippen molar-refractivity contribution >= 4 is 22.6 Å². The normalized spacial score (nSPS) is 15.1. The fraction of sp³-hybridized carbons (Fsp3) is 0.368. The van der Waals surface area contributed by atoms with Gasteiger partial charge >= 0.3 is 0 Å². The van der Waals surface area contributed by atoms with Gasteiger partial charge in [0, 0.05) is 38.2 Å². The maximum absolute atomic E-state index is 12.3. The molecule has 1 saturated heterocycles. The van der Waals surface area contributed by atoms with E-state index in [2.05, 4.69) is 10.6 Å². The van der Waals surface area contributed by atoms with Crippen molar-refractivity contribution in [3.05, 3.63) is 48.0 Å². The maximum Gasteiger partial charge on any atom is 0.251 e. The van der Waals surface area contributed by atoms with Gasteiger partial charge < -0.3 is 15.5 Å². The average Bonchev–Trinajstić information content (AvgIpc) is 2.90. The smallest absolute Gasteiger partial charge is 0.251 e. The molecule has 2 aromatic carbocycles. The van der Waals surface area contributed by atoms with E-state index in [0.717, 1.165) is 43.4 Å². The second-order valence-electron chi connectivity index (χ2n) is 6.05. The first kappa shape index (κ1) is 16.5. The van der Waals surface area contributed by atoms with Crippen LogP contribution in [0.2, 0.25) is 0 Å². The van der Waals surface area contributed by atoms with E-state index in [9.17, 15) is 9.59 Å². The van der Waals surface area contributed by atoms with Crippen molar-refractivity contribution in [3.8, 4) is 0 Å². The lowest BCUT2D eigenvalue weighted by molar-refractivity contribution is -0.130. The summed E-state index contributed by atoms with van der Waals surface area (Å²) in [7, 11) is 0. The summed E-state index contributed by atoms with van der Waals surface area (Å²) in [5.41, 5.74) is 0.625. The Morgan fingerprint density at radius 2 is 1.88 bits per heavy atom. The van der Waals surface area contributed by atoms with Gasteiger partial charge in [-0.1, -0.05) is 30.3 Å². The van der Waals surface area contributed by atoms with Crippen LogP contribution in [0, 0.1) is 0 Å². The summed E-state index contributed by atoms with van der Waals surface area (Å²) in [6.07, 6.45) is 1.33. The van der Waals surface area contributed by atoms with Crippen LogP contribution in [0.3, 0.4) is 0 Å². The lowest BCUT2D eigenvalue weighted by Gasteiger charge is -2.20. The number of fused-ring (bicyclic) bond motifs is 1. The molecule has 2 amide bonds. The molecule has 0 atom stereocenters. The Balaban J connectivity index is 1.51. The lowest BCUT2D eigenvalue weighted by Crippen LogP contribution is -2.36. The first-order valence-corrected chi connectivity index (χ1v) is 8.49. The molecule has 0 saturated carbocycles. The van der Waals surface area contributed by atoms with E-state index >= 15 is 0 Å². The average molecular weight is 325 g/mol. The Morgan fingerprint density at radius 3 is 2.75 bits per heavy atom. The van der Waals surface area contributed by atoms with Gasteiger partial charge in [0.15, 0.2) is 0 Å². The lowest BCUT2D eigenvalue weighted by atomic mass is 10.1. The molecule has 1 fully saturated rings. The van der Waals surface area contributed by atoms with Crippen molar-refractivity contribution in [1.82, 2.24) is 15.5 Å². The molecule has 1 aliphatic rings. The Hall–Kier alpha value is -2.40. The van der Waals surface area contributed by atoms with Crippen molar-refractivity contribution in [2.24, 2.45) is 0 Å². The molecule has 0 bridgehead atoms. The zero-order valence-electron chi connectivity index (χ0n) is 13.8. The number of benzene rings is 2. The zero-order valence-corrected chi connectivity index (χ0v) is 13.8. The van der Waals surface area contributed by atoms with Crippen LogP contribution in [-0.2, 0) is 4.79 Å². The third kappa shape index (κ3) is 4.11. The van der Waals surface area contributed by atoms with Crippen molar-refractivity contribution < 1.29 is 9.59 Å². The molecular weight excluding hydrogens is 302 g/mol. The number of hydrogen-bond donors (Lipinski definition) is 2. The second-order valence-corrected chi connectivity index (χ2v) is 6.05. The first-order chi connectivity index (χ1) is 11.7. The largest absolute Gasteiger partial charge is 0.352 e. The topological polar surface area (TPSA) is 61.4 Å². The van der Waals surface area contributed by atoms with E-state index in [0.29, 0.717) is 18.5 Å². The minimum absolute atomic E-state index is 0.109. The number of rotatable bonds is 4. The van der Waals surface area contributed by atoms with Crippen LogP contribution >= 0.6 is 0 Å². The van der Waals surface area contributed by atoms with E-state index in [4.69, 9.17) is 0 Å². The molecule has 0 unspecified atom stereocenters. The highest BCUT2D eigenvalue weighted by atomic mass is 16.2. The highest BCUT2D eigenvalue weighted by Crippen LogP contribution is 2.15. The SMILES string of the molecule is O=C(NCCC(=O)N1CCCNCC1)c1ccc2ccccc2c1. The van der Waals surface area contributed by atoms with Crippen LogP contribution in [0.15, 0.2) is 42.5 Å². The van der Waals surface area contributed by atoms with Gasteiger partial charge in [-0.05, 0) is 35.9 Å². The van der Waals surface area contributed by atoms with Gasteiger partial charge in [0.2, 0.25) is 5.91 Å². The van der Waals surface area contributed by atoms with Gasteiger partial charge in [-0.15, -0.1) is 0 Å². The number of nitrogens with one attached hydrogen (secondary N) is 2. The fourth-order valence-corrected chi connectivity index (χ4v) is 2.97. The third-order valence-corrected chi connectivity index (χ3v) is 4.33. The molecule has 0 radical (unpaired) electrons. The van der Waals surface area contributed by atoms with Crippen LogP contribution in [0.25, 0.3) is 10.8 Å². The van der Waals surface area contributed by atoms with E-state index in [1.807, 2.05) is 47.4 Å². The molecule has 1 aliphatic heterocycles. The van der Waals surface area contributed by atoms with Crippen LogP contribution in [0.4, 0.5) is 0 Å². The van der Waals surface area contributed by atoms with E-state index in [1.165, 1.54) is 0 Å². The van der Waals surface area contributed by atoms with E-state index < -0.39 is 0 Å². The number of carbonyl (C=O) groups excluding carboxylic acids is 2. The Labute approximate surface area is 142 Å². The summed E-state index contributed by atoms with van der Waals surface area (Å²) < 4.78 is 0. The number of amides is 2. The molecule has 3 rings (SSSR count). The van der Waals surface area contributed by atoms with Gasteiger partial charge in [0.05, 0.1) is 0 Å². The number of carbonyl (C=O) groups is 2. The summed E-state index contributed by atoms with van der Waals surface area (Å²) in [4.78, 5) is 26.3. The number of nitrogens with zero attached hydrogens (tertiary/aromatic N) is 1. The second kappa shape index (κ2) is 7.93. The van der Waals surface area contributed by atoms with Gasteiger partial charge in [-0.2, -0.15) is 0 Å². The molecule has 5 nitrogen and oxygen atoms in total. The minimum Gasteiger partial charge on any atom is -0.352 e. The van der Waals surface area contributed by atoms with Crippen LogP contribution in [0.5, 0.6) is 0 Å². The van der Waals surface area contributed by atoms with Crippen LogP contribution < -0.4 is 10.6 Å². The van der Waals surface area contributed by atoms with Crippen LogP contribution in [0.1, 0.15) is 23.2 Å². The predicted octanol–water partition coefficient (Wildman–Crippen LogP) is 1.78. The highest BCUT2D eigenvalue weighted by Gasteiger charge is 2.15. The monoisotopic (exact) mass is 325 g/mol. The van der Waals surface area contributed by atoms with Crippen molar-refractivity contribution in [3.63, 3.8) is 0 Å². The Kier molecular flexibility index (Phi) is 5.43. The molecule has 24 heavy (non-hydrogen) atoms. The minimum atomic E-state index is -0.133. The van der Waals surface area contributed by atoms with Crippen molar-refractivity contribution in [2.75, 3.05) is 32.7 Å². The molecule has 0 spiro atoms. The standard InChI is InChI=1S/C19H23N3O2/c23-18(22-12-3-9-20-11-13-22)8-10-21-19(24)17-7-6-15-4-1-2-5-16(15)14-17/h1-2,4-7,14,20H,3,8-13H2,(H,21,24). The fourth-order valence-electron chi connectivity index (χ4n) is 2.97. The predicted molar refractivity (Wildman–Crippen MR) is 95.0 cm³/mol. The molecule has 2 N–H and O–H groups in total. The van der Waals surface area contributed by atoms with Gasteiger partial charge in [0.1, 0.15) is 0 Å². The van der Waals surface area contributed by atoms with Crippen molar-refractivity contribution in [1.29, 1.82) is 0 Å². The third-order valence-electron chi connectivity index (χ3n) is 4.33. The molecule has 0 aromatic heterocycles. The summed E-state index contributed by atoms with van der Waals surface area (Å²) in [6, 6.07) is 13.6. The summed E-state index contributed by atoms with van der Waals surface area (Å²) >= 11 is 0. The summed E-state index contributed by atoms with van der Waals surface area (Å²) in [5.74, 6) is -0.0244. The van der Waals surface area contributed by atoms with Gasteiger partial charge in [-0.3, -0.25) is 9.59 Å². The van der Waals surface area contributed by atoms with E-state index in [1.54, 1.807) is 0 Å². The Bertz CT molecular complexity index is 721. The van der Waals surface area contributed by atoms with Gasteiger partial charge in [0.25, 0.3) is 5.91 Å². The first-order valence-electron chi connectivity index (χ1n) is 8.49. The molecule has 2 aromatic rings. The summed E-state index contributed by atoms with van der Waals surface area (Å²) in [5, 5.41) is 8.28. The summed E-state index contributed by atoms with van der Waals surface area (Å²) in [6.45, 7) is 3.72. The van der Waals surface area contributed by atoms with Gasteiger partial charge in [-0.25, -0.2) is 0 Å². The van der Waals surface area contributed by atoms with E-state index in [-0.39, 0.29) is 11.8 Å². The number of hydrogen-bond acceptors (Lipinski definition) is 3. The Morgan fingerprint density at radius 1 is 1.04 bits per heavy atom. The molecule has 126 valence electrons. The highest BCUT2D eigenvalue weighted by molar-refractivity contribution is 5.98. The molecule has 0 aliphatic carbocycles. The zero-order chi connectivity index (χ0) is 16.8. The van der Waals surface area contributed by atoms with Crippen molar-refractivity contribution in [2.45, 2.75) is 12.8 Å². The van der Waals surface area contributed by atoms with Crippen LogP contribution in [-0.4, -0.2) is 49.4 Å².